The zero-order valence-electron chi connectivity index (χ0n) is 8.69. The Bertz CT molecular complexity index is 232. The molecule has 0 aromatic rings. The normalized spacial score (nSPS) is 19.4. The van der Waals surface area contributed by atoms with E-state index in [1.54, 1.807) is 23.6 Å². The second-order valence-corrected chi connectivity index (χ2v) is 3.62. The molecule has 14 heavy (non-hydrogen) atoms. The third-order valence-electron chi connectivity index (χ3n) is 2.43. The van der Waals surface area contributed by atoms with Crippen molar-refractivity contribution in [1.82, 2.24) is 9.80 Å². The van der Waals surface area contributed by atoms with Crippen LogP contribution < -0.4 is 5.73 Å². The van der Waals surface area contributed by atoms with Crippen LogP contribution in [0.25, 0.3) is 0 Å². The van der Waals surface area contributed by atoms with Gasteiger partial charge in [0, 0.05) is 33.1 Å². The molecule has 1 rings (SSSR count). The van der Waals surface area contributed by atoms with Crippen molar-refractivity contribution in [2.24, 2.45) is 5.73 Å². The molecule has 1 aliphatic heterocycles. The van der Waals surface area contributed by atoms with Gasteiger partial charge in [-0.1, -0.05) is 0 Å². The van der Waals surface area contributed by atoms with E-state index in [0.29, 0.717) is 26.2 Å². The molecule has 2 N–H and O–H groups in total. The summed E-state index contributed by atoms with van der Waals surface area (Å²) >= 11 is 0. The average Bonchev–Trinajstić information content (AvgIpc) is 2.16. The van der Waals surface area contributed by atoms with Crippen molar-refractivity contribution in [3.05, 3.63) is 0 Å². The molecule has 0 spiro atoms. The predicted molar refractivity (Wildman–Crippen MR) is 52.5 cm³/mol. The fourth-order valence-corrected chi connectivity index (χ4v) is 1.53. The molecular formula is C9H17N3O2. The van der Waals surface area contributed by atoms with E-state index in [1.165, 1.54) is 0 Å². The molecule has 1 atom stereocenters. The third kappa shape index (κ3) is 2.45. The molecule has 0 aromatic heterocycles. The molecule has 0 aliphatic carbocycles. The summed E-state index contributed by atoms with van der Waals surface area (Å²) in [5.74, 6) is 0.0334. The molecule has 0 unspecified atom stereocenters. The van der Waals surface area contributed by atoms with Crippen LogP contribution in [0.3, 0.4) is 0 Å². The molecule has 1 fully saturated rings. The molecule has 1 heterocycles. The Kier molecular flexibility index (Phi) is 3.46. The van der Waals surface area contributed by atoms with Crippen LogP contribution in [0.4, 0.5) is 0 Å². The van der Waals surface area contributed by atoms with E-state index in [0.717, 1.165) is 0 Å². The number of carbonyl (C=O) groups is 2. The number of hydrogen-bond acceptors (Lipinski definition) is 3. The summed E-state index contributed by atoms with van der Waals surface area (Å²) in [6.07, 6.45) is 0. The van der Waals surface area contributed by atoms with Gasteiger partial charge in [-0.2, -0.15) is 0 Å². The first-order chi connectivity index (χ1) is 6.52. The third-order valence-corrected chi connectivity index (χ3v) is 2.43. The molecule has 5 heteroatoms. The molecular weight excluding hydrogens is 182 g/mol. The first kappa shape index (κ1) is 11.0. The molecule has 0 bridgehead atoms. The second kappa shape index (κ2) is 4.41. The highest BCUT2D eigenvalue weighted by atomic mass is 16.2. The molecule has 0 saturated carbocycles. The minimum absolute atomic E-state index is 0.0341. The van der Waals surface area contributed by atoms with Crippen molar-refractivity contribution in [3.63, 3.8) is 0 Å². The topological polar surface area (TPSA) is 66.6 Å². The molecule has 1 saturated heterocycles. The average molecular weight is 199 g/mol. The van der Waals surface area contributed by atoms with Crippen molar-refractivity contribution >= 4 is 11.8 Å². The lowest BCUT2D eigenvalue weighted by Crippen LogP contribution is -2.53. The van der Waals surface area contributed by atoms with Gasteiger partial charge in [-0.3, -0.25) is 9.59 Å². The summed E-state index contributed by atoms with van der Waals surface area (Å²) in [4.78, 5) is 25.9. The van der Waals surface area contributed by atoms with Crippen LogP contribution >= 0.6 is 0 Å². The minimum Gasteiger partial charge on any atom is -0.339 e. The summed E-state index contributed by atoms with van der Waals surface area (Å²) in [6.45, 7) is 5.66. The lowest BCUT2D eigenvalue weighted by molar-refractivity contribution is -0.139. The standard InChI is InChI=1S/C9H17N3O2/c1-7(10)9(14)12-5-3-11(4-6-12)8(2)13/h7H,3-6,10H2,1-2H3/t7-/m1/s1. The molecule has 80 valence electrons. The number of carbonyl (C=O) groups excluding carboxylic acids is 2. The second-order valence-electron chi connectivity index (χ2n) is 3.62. The van der Waals surface area contributed by atoms with Gasteiger partial charge in [0.1, 0.15) is 0 Å². The number of piperazine rings is 1. The van der Waals surface area contributed by atoms with Crippen LogP contribution in [0, 0.1) is 0 Å². The number of nitrogens with zero attached hydrogens (tertiary/aromatic N) is 2. The SMILES string of the molecule is CC(=O)N1CCN(C(=O)[C@@H](C)N)CC1. The van der Waals surface area contributed by atoms with E-state index < -0.39 is 6.04 Å². The van der Waals surface area contributed by atoms with Crippen LogP contribution in [0.2, 0.25) is 0 Å². The van der Waals surface area contributed by atoms with Gasteiger partial charge < -0.3 is 15.5 Å². The van der Waals surface area contributed by atoms with Gasteiger partial charge in [-0.25, -0.2) is 0 Å². The van der Waals surface area contributed by atoms with Gasteiger partial charge in [-0.15, -0.1) is 0 Å². The van der Waals surface area contributed by atoms with Crippen LogP contribution in [0.15, 0.2) is 0 Å². The maximum atomic E-state index is 11.5. The van der Waals surface area contributed by atoms with Crippen molar-refractivity contribution < 1.29 is 9.59 Å². The quantitative estimate of drug-likeness (QED) is 0.590. The number of amides is 2. The fourth-order valence-electron chi connectivity index (χ4n) is 1.53. The van der Waals surface area contributed by atoms with Crippen molar-refractivity contribution in [2.45, 2.75) is 19.9 Å². The first-order valence-corrected chi connectivity index (χ1v) is 4.82. The minimum atomic E-state index is -0.445. The molecule has 0 aromatic carbocycles. The largest absolute Gasteiger partial charge is 0.339 e. The zero-order chi connectivity index (χ0) is 10.7. The fraction of sp³-hybridized carbons (Fsp3) is 0.778. The first-order valence-electron chi connectivity index (χ1n) is 4.82. The van der Waals surface area contributed by atoms with Gasteiger partial charge in [0.05, 0.1) is 6.04 Å². The van der Waals surface area contributed by atoms with Crippen molar-refractivity contribution in [2.75, 3.05) is 26.2 Å². The van der Waals surface area contributed by atoms with Crippen molar-refractivity contribution in [1.29, 1.82) is 0 Å². The Morgan fingerprint density at radius 1 is 1.14 bits per heavy atom. The van der Waals surface area contributed by atoms with Crippen molar-refractivity contribution in [3.8, 4) is 0 Å². The molecule has 5 nitrogen and oxygen atoms in total. The highest BCUT2D eigenvalue weighted by Crippen LogP contribution is 2.03. The Labute approximate surface area is 83.8 Å². The summed E-state index contributed by atoms with van der Waals surface area (Å²) in [6, 6.07) is -0.445. The van der Waals surface area contributed by atoms with E-state index >= 15 is 0 Å². The van der Waals surface area contributed by atoms with E-state index in [4.69, 9.17) is 5.73 Å². The van der Waals surface area contributed by atoms with Gasteiger partial charge in [0.2, 0.25) is 11.8 Å². The van der Waals surface area contributed by atoms with Gasteiger partial charge in [-0.05, 0) is 6.92 Å². The Morgan fingerprint density at radius 3 is 1.93 bits per heavy atom. The summed E-state index contributed by atoms with van der Waals surface area (Å²) in [5.41, 5.74) is 5.49. The highest BCUT2D eigenvalue weighted by molar-refractivity contribution is 5.81. The number of nitrogens with two attached hydrogens (primary N) is 1. The van der Waals surface area contributed by atoms with E-state index in [9.17, 15) is 9.59 Å². The summed E-state index contributed by atoms with van der Waals surface area (Å²) in [5, 5.41) is 0. The molecule has 1 aliphatic rings. The predicted octanol–water partition coefficient (Wildman–Crippen LogP) is -0.976. The van der Waals surface area contributed by atoms with Gasteiger partial charge in [0.25, 0.3) is 0 Å². The van der Waals surface area contributed by atoms with Crippen LogP contribution in [-0.2, 0) is 9.59 Å². The molecule has 2 amide bonds. The maximum absolute atomic E-state index is 11.5. The Hall–Kier alpha value is -1.10. The number of hydrogen-bond donors (Lipinski definition) is 1. The van der Waals surface area contributed by atoms with E-state index in [2.05, 4.69) is 0 Å². The van der Waals surface area contributed by atoms with E-state index in [-0.39, 0.29) is 11.8 Å². The highest BCUT2D eigenvalue weighted by Gasteiger charge is 2.23. The smallest absolute Gasteiger partial charge is 0.239 e. The molecule has 0 radical (unpaired) electrons. The zero-order valence-corrected chi connectivity index (χ0v) is 8.69. The monoisotopic (exact) mass is 199 g/mol. The maximum Gasteiger partial charge on any atom is 0.239 e. The summed E-state index contributed by atoms with van der Waals surface area (Å²) in [7, 11) is 0. The lowest BCUT2D eigenvalue weighted by Gasteiger charge is -2.34. The van der Waals surface area contributed by atoms with Crippen LogP contribution in [-0.4, -0.2) is 53.8 Å². The Balaban J connectivity index is 2.43. The lowest BCUT2D eigenvalue weighted by atomic mass is 10.2. The van der Waals surface area contributed by atoms with Crippen LogP contribution in [0.1, 0.15) is 13.8 Å². The number of rotatable bonds is 1. The van der Waals surface area contributed by atoms with Crippen LogP contribution in [0.5, 0.6) is 0 Å². The van der Waals surface area contributed by atoms with E-state index in [1.807, 2.05) is 0 Å². The summed E-state index contributed by atoms with van der Waals surface area (Å²) < 4.78 is 0. The Morgan fingerprint density at radius 2 is 1.57 bits per heavy atom. The van der Waals surface area contributed by atoms with Gasteiger partial charge in [0.15, 0.2) is 0 Å². The van der Waals surface area contributed by atoms with Gasteiger partial charge >= 0.3 is 0 Å².